The van der Waals surface area contributed by atoms with Gasteiger partial charge in [-0.3, -0.25) is 4.79 Å². The zero-order valence-electron chi connectivity index (χ0n) is 19.4. The summed E-state index contributed by atoms with van der Waals surface area (Å²) in [6.45, 7) is 2.33. The fourth-order valence-electron chi connectivity index (χ4n) is 4.20. The molecule has 0 bridgehead atoms. The molecular formula is C29H25NO4. The SMILES string of the molecule is COc1ccc2c(c1)c(/C=C1/Oc3c(ccc(OC/C=C/c4ccccc4)c3C)C1=O)cn2C. The van der Waals surface area contributed by atoms with Crippen molar-refractivity contribution in [3.63, 3.8) is 0 Å². The second-order valence-corrected chi connectivity index (χ2v) is 8.21. The number of aromatic nitrogens is 1. The molecule has 0 amide bonds. The van der Waals surface area contributed by atoms with E-state index in [1.807, 2.05) is 91.5 Å². The number of hydrogen-bond donors (Lipinski definition) is 0. The highest BCUT2D eigenvalue weighted by atomic mass is 16.5. The van der Waals surface area contributed by atoms with Crippen LogP contribution < -0.4 is 14.2 Å². The standard InChI is InChI=1S/C29H25NO4/c1-19-26(33-15-7-10-20-8-5-4-6-9-20)14-12-23-28(31)27(34-29(19)23)16-21-18-30(2)25-13-11-22(32-3)17-24(21)25/h4-14,16-18H,15H2,1-3H3/b10-7+,27-16+. The number of carbonyl (C=O) groups excluding carboxylic acids is 1. The maximum atomic E-state index is 13.1. The number of rotatable bonds is 6. The summed E-state index contributed by atoms with van der Waals surface area (Å²) >= 11 is 0. The summed E-state index contributed by atoms with van der Waals surface area (Å²) in [5.41, 5.74) is 4.42. The van der Waals surface area contributed by atoms with E-state index in [9.17, 15) is 4.79 Å². The van der Waals surface area contributed by atoms with E-state index in [-0.39, 0.29) is 5.78 Å². The molecule has 0 fully saturated rings. The van der Waals surface area contributed by atoms with E-state index < -0.39 is 0 Å². The number of benzene rings is 3. The van der Waals surface area contributed by atoms with Gasteiger partial charge < -0.3 is 18.8 Å². The van der Waals surface area contributed by atoms with Crippen molar-refractivity contribution in [2.24, 2.45) is 7.05 Å². The summed E-state index contributed by atoms with van der Waals surface area (Å²) in [5.74, 6) is 2.18. The number of ether oxygens (including phenoxy) is 3. The number of carbonyl (C=O) groups is 1. The Morgan fingerprint density at radius 1 is 1.06 bits per heavy atom. The Morgan fingerprint density at radius 3 is 2.68 bits per heavy atom. The van der Waals surface area contributed by atoms with E-state index in [1.54, 1.807) is 19.3 Å². The van der Waals surface area contributed by atoms with Gasteiger partial charge in [-0.05, 0) is 55.0 Å². The van der Waals surface area contributed by atoms with E-state index >= 15 is 0 Å². The van der Waals surface area contributed by atoms with E-state index in [0.29, 0.717) is 29.4 Å². The van der Waals surface area contributed by atoms with Crippen molar-refractivity contribution < 1.29 is 19.0 Å². The summed E-state index contributed by atoms with van der Waals surface area (Å²) in [5, 5.41) is 0.993. The lowest BCUT2D eigenvalue weighted by Crippen LogP contribution is -1.98. The minimum Gasteiger partial charge on any atom is -0.497 e. The molecule has 0 radical (unpaired) electrons. The Bertz CT molecular complexity index is 1440. The highest BCUT2D eigenvalue weighted by Crippen LogP contribution is 2.40. The van der Waals surface area contributed by atoms with Gasteiger partial charge in [-0.15, -0.1) is 0 Å². The van der Waals surface area contributed by atoms with Gasteiger partial charge in [0, 0.05) is 35.3 Å². The molecule has 1 aliphatic heterocycles. The van der Waals surface area contributed by atoms with Crippen molar-refractivity contribution in [1.82, 2.24) is 4.57 Å². The van der Waals surface area contributed by atoms with Crippen LogP contribution in [0.2, 0.25) is 0 Å². The van der Waals surface area contributed by atoms with Crippen molar-refractivity contribution in [2.45, 2.75) is 6.92 Å². The van der Waals surface area contributed by atoms with Gasteiger partial charge in [-0.1, -0.05) is 36.4 Å². The Balaban J connectivity index is 1.38. The van der Waals surface area contributed by atoms with Gasteiger partial charge in [-0.25, -0.2) is 0 Å². The fourth-order valence-corrected chi connectivity index (χ4v) is 4.20. The van der Waals surface area contributed by atoms with Gasteiger partial charge in [0.1, 0.15) is 23.9 Å². The first-order valence-corrected chi connectivity index (χ1v) is 11.1. The number of fused-ring (bicyclic) bond motifs is 2. The molecule has 5 heteroatoms. The summed E-state index contributed by atoms with van der Waals surface area (Å²) < 4.78 is 19.4. The molecule has 5 rings (SSSR count). The highest BCUT2D eigenvalue weighted by Gasteiger charge is 2.30. The van der Waals surface area contributed by atoms with Gasteiger partial charge in [0.2, 0.25) is 5.78 Å². The first kappa shape index (κ1) is 21.6. The largest absolute Gasteiger partial charge is 0.497 e. The maximum Gasteiger partial charge on any atom is 0.231 e. The van der Waals surface area contributed by atoms with Gasteiger partial charge in [-0.2, -0.15) is 0 Å². The number of ketones is 1. The highest BCUT2D eigenvalue weighted by molar-refractivity contribution is 6.15. The van der Waals surface area contributed by atoms with Crippen LogP contribution >= 0.6 is 0 Å². The molecule has 34 heavy (non-hydrogen) atoms. The predicted molar refractivity (Wildman–Crippen MR) is 135 cm³/mol. The zero-order valence-corrected chi connectivity index (χ0v) is 19.4. The van der Waals surface area contributed by atoms with Gasteiger partial charge in [0.25, 0.3) is 0 Å². The Kier molecular flexibility index (Phi) is 5.68. The third-order valence-corrected chi connectivity index (χ3v) is 6.00. The molecule has 170 valence electrons. The Morgan fingerprint density at radius 2 is 1.88 bits per heavy atom. The minimum absolute atomic E-state index is 0.131. The molecule has 0 aliphatic carbocycles. The number of methoxy groups -OCH3 is 1. The molecule has 0 saturated carbocycles. The summed E-state index contributed by atoms with van der Waals surface area (Å²) in [6.07, 6.45) is 7.76. The van der Waals surface area contributed by atoms with Crippen LogP contribution in [-0.2, 0) is 7.05 Å². The molecule has 0 atom stereocenters. The molecule has 1 aromatic heterocycles. The van der Waals surface area contributed by atoms with E-state index in [4.69, 9.17) is 14.2 Å². The number of Topliss-reactive ketones (excluding diaryl/α,β-unsaturated/α-hetero) is 1. The molecule has 2 heterocycles. The molecule has 4 aromatic rings. The van der Waals surface area contributed by atoms with E-state index in [1.165, 1.54) is 0 Å². The van der Waals surface area contributed by atoms with Crippen LogP contribution in [0, 0.1) is 6.92 Å². The first-order valence-electron chi connectivity index (χ1n) is 11.1. The smallest absolute Gasteiger partial charge is 0.231 e. The second-order valence-electron chi connectivity index (χ2n) is 8.21. The van der Waals surface area contributed by atoms with Crippen molar-refractivity contribution >= 4 is 28.8 Å². The van der Waals surface area contributed by atoms with Crippen LogP contribution in [0.4, 0.5) is 0 Å². The average molecular weight is 452 g/mol. The first-order chi connectivity index (χ1) is 16.5. The van der Waals surface area contributed by atoms with Gasteiger partial charge >= 0.3 is 0 Å². The number of allylic oxidation sites excluding steroid dienone is 1. The molecule has 0 spiro atoms. The van der Waals surface area contributed by atoms with E-state index in [2.05, 4.69) is 0 Å². The minimum atomic E-state index is -0.131. The van der Waals surface area contributed by atoms with Crippen molar-refractivity contribution in [1.29, 1.82) is 0 Å². The molecule has 3 aromatic carbocycles. The summed E-state index contributed by atoms with van der Waals surface area (Å²) in [4.78, 5) is 13.1. The van der Waals surface area contributed by atoms with Gasteiger partial charge in [0.15, 0.2) is 5.76 Å². The van der Waals surface area contributed by atoms with Crippen LogP contribution in [0.5, 0.6) is 17.2 Å². The molecule has 0 N–H and O–H groups in total. The number of nitrogens with zero attached hydrogens (tertiary/aromatic N) is 1. The summed E-state index contributed by atoms with van der Waals surface area (Å²) in [7, 11) is 3.62. The lowest BCUT2D eigenvalue weighted by atomic mass is 10.1. The quantitative estimate of drug-likeness (QED) is 0.327. The topological polar surface area (TPSA) is 49.7 Å². The molecule has 0 unspecified atom stereocenters. The lowest BCUT2D eigenvalue weighted by molar-refractivity contribution is 0.101. The molecule has 5 nitrogen and oxygen atoms in total. The third-order valence-electron chi connectivity index (χ3n) is 6.00. The lowest BCUT2D eigenvalue weighted by Gasteiger charge is -2.10. The second kappa shape index (κ2) is 8.94. The van der Waals surface area contributed by atoms with Crippen LogP contribution in [-0.4, -0.2) is 24.1 Å². The van der Waals surface area contributed by atoms with Crippen LogP contribution in [0.1, 0.15) is 27.0 Å². The fraction of sp³-hybridized carbons (Fsp3) is 0.138. The molecule has 0 saturated heterocycles. The monoisotopic (exact) mass is 451 g/mol. The normalized spacial score (nSPS) is 14.1. The van der Waals surface area contributed by atoms with Crippen molar-refractivity contribution in [3.8, 4) is 17.2 Å². The van der Waals surface area contributed by atoms with Crippen LogP contribution in [0.25, 0.3) is 23.1 Å². The summed E-state index contributed by atoms with van der Waals surface area (Å²) in [6, 6.07) is 19.6. The molecular weight excluding hydrogens is 426 g/mol. The number of aryl methyl sites for hydroxylation is 1. The van der Waals surface area contributed by atoms with E-state index in [0.717, 1.165) is 33.3 Å². The molecule has 1 aliphatic rings. The average Bonchev–Trinajstić information content (AvgIpc) is 3.35. The Hall–Kier alpha value is -4.25. The van der Waals surface area contributed by atoms with Crippen LogP contribution in [0.15, 0.2) is 78.7 Å². The Labute approximate surface area is 198 Å². The predicted octanol–water partition coefficient (Wildman–Crippen LogP) is 6.20. The van der Waals surface area contributed by atoms with Crippen molar-refractivity contribution in [3.05, 3.63) is 101 Å². The van der Waals surface area contributed by atoms with Gasteiger partial charge in [0.05, 0.1) is 12.7 Å². The number of hydrogen-bond acceptors (Lipinski definition) is 4. The maximum absolute atomic E-state index is 13.1. The third kappa shape index (κ3) is 3.97. The van der Waals surface area contributed by atoms with Crippen LogP contribution in [0.3, 0.4) is 0 Å². The zero-order chi connectivity index (χ0) is 23.7. The van der Waals surface area contributed by atoms with Crippen molar-refractivity contribution in [2.75, 3.05) is 13.7 Å².